The number of rotatable bonds is 0. The highest BCUT2D eigenvalue weighted by Gasteiger charge is 2.58. The molecule has 1 saturated heterocycles. The van der Waals surface area contributed by atoms with Gasteiger partial charge in [0.1, 0.15) is 6.10 Å². The maximum Gasteiger partial charge on any atom is 0.309 e. The van der Waals surface area contributed by atoms with Crippen LogP contribution in [-0.4, -0.2) is 29.1 Å². The van der Waals surface area contributed by atoms with Crippen LogP contribution in [-0.2, 0) is 14.3 Å². The lowest BCUT2D eigenvalue weighted by molar-refractivity contribution is -0.144. The number of carbonyl (C=O) groups is 2. The van der Waals surface area contributed by atoms with Crippen LogP contribution in [0.3, 0.4) is 0 Å². The van der Waals surface area contributed by atoms with Crippen molar-refractivity contribution < 1.29 is 19.4 Å². The van der Waals surface area contributed by atoms with E-state index in [1.807, 2.05) is 13.8 Å². The van der Waals surface area contributed by atoms with Gasteiger partial charge < -0.3 is 9.84 Å². The van der Waals surface area contributed by atoms with Crippen molar-refractivity contribution in [3.05, 3.63) is 23.3 Å². The number of allylic oxidation sites excluding steroid dienone is 3. The second kappa shape index (κ2) is 3.79. The van der Waals surface area contributed by atoms with Crippen molar-refractivity contribution in [2.75, 3.05) is 0 Å². The molecule has 0 radical (unpaired) electrons. The van der Waals surface area contributed by atoms with Gasteiger partial charge in [0.2, 0.25) is 0 Å². The molecule has 1 heterocycles. The molecule has 0 aromatic carbocycles. The van der Waals surface area contributed by atoms with Crippen LogP contribution in [0.25, 0.3) is 0 Å². The molecule has 102 valence electrons. The third-order valence-electron chi connectivity index (χ3n) is 4.94. The van der Waals surface area contributed by atoms with Crippen LogP contribution < -0.4 is 0 Å². The first kappa shape index (κ1) is 12.6. The highest BCUT2D eigenvalue weighted by Crippen LogP contribution is 2.52. The Morgan fingerprint density at radius 3 is 2.74 bits per heavy atom. The molecule has 3 aliphatic rings. The quantitative estimate of drug-likeness (QED) is 0.670. The van der Waals surface area contributed by atoms with Gasteiger partial charge in [-0.05, 0) is 37.5 Å². The van der Waals surface area contributed by atoms with Gasteiger partial charge in [-0.1, -0.05) is 13.0 Å². The minimum atomic E-state index is -0.732. The first-order valence-corrected chi connectivity index (χ1v) is 6.68. The molecule has 3 rings (SSSR count). The van der Waals surface area contributed by atoms with Gasteiger partial charge in [0.25, 0.3) is 0 Å². The highest BCUT2D eigenvalue weighted by atomic mass is 16.6. The summed E-state index contributed by atoms with van der Waals surface area (Å²) in [6.07, 6.45) is 2.58. The maximum absolute atomic E-state index is 12.2. The van der Waals surface area contributed by atoms with Crippen LogP contribution in [0, 0.1) is 17.3 Å². The molecule has 2 fully saturated rings. The number of esters is 1. The normalized spacial score (nSPS) is 45.1. The Morgan fingerprint density at radius 2 is 2.05 bits per heavy atom. The number of hydrogen-bond acceptors (Lipinski definition) is 4. The minimum absolute atomic E-state index is 0.0128. The van der Waals surface area contributed by atoms with Crippen LogP contribution in [0.5, 0.6) is 0 Å². The van der Waals surface area contributed by atoms with Crippen LogP contribution in [0.2, 0.25) is 0 Å². The SMILES string of the molecule is CC1=C2C3OC(=O)[C@H](C)C3[C@@H](O)C[C@@]2(C)C(=O)C=C1. The van der Waals surface area contributed by atoms with Crippen molar-refractivity contribution >= 4 is 11.8 Å². The van der Waals surface area contributed by atoms with Gasteiger partial charge in [0.05, 0.1) is 17.4 Å². The zero-order valence-corrected chi connectivity index (χ0v) is 11.3. The summed E-state index contributed by atoms with van der Waals surface area (Å²) >= 11 is 0. The molecular formula is C15H18O4. The lowest BCUT2D eigenvalue weighted by Gasteiger charge is -2.45. The fourth-order valence-electron chi connectivity index (χ4n) is 3.86. The summed E-state index contributed by atoms with van der Waals surface area (Å²) in [5.74, 6) is -0.836. The van der Waals surface area contributed by atoms with Crippen LogP contribution in [0.4, 0.5) is 0 Å². The number of fused-ring (bicyclic) bond motifs is 3. The molecule has 2 aliphatic carbocycles. The average Bonchev–Trinajstić information content (AvgIpc) is 2.61. The molecule has 5 atom stereocenters. The predicted octanol–water partition coefficient (Wildman–Crippen LogP) is 1.39. The second-order valence-electron chi connectivity index (χ2n) is 6.12. The summed E-state index contributed by atoms with van der Waals surface area (Å²) in [5.41, 5.74) is 1.13. The van der Waals surface area contributed by atoms with E-state index >= 15 is 0 Å². The Hall–Kier alpha value is -1.42. The van der Waals surface area contributed by atoms with Gasteiger partial charge in [0.15, 0.2) is 5.78 Å². The van der Waals surface area contributed by atoms with Gasteiger partial charge in [-0.2, -0.15) is 0 Å². The zero-order chi connectivity index (χ0) is 13.9. The molecule has 1 N–H and O–H groups in total. The lowest BCUT2D eigenvalue weighted by Crippen LogP contribution is -2.50. The third-order valence-corrected chi connectivity index (χ3v) is 4.94. The van der Waals surface area contributed by atoms with E-state index in [0.29, 0.717) is 6.42 Å². The van der Waals surface area contributed by atoms with Gasteiger partial charge in [-0.3, -0.25) is 9.59 Å². The van der Waals surface area contributed by atoms with Crippen molar-refractivity contribution in [3.63, 3.8) is 0 Å². The Labute approximate surface area is 112 Å². The number of hydrogen-bond donors (Lipinski definition) is 1. The first-order valence-electron chi connectivity index (χ1n) is 6.68. The fraction of sp³-hybridized carbons (Fsp3) is 0.600. The van der Waals surface area contributed by atoms with Crippen molar-refractivity contribution in [2.24, 2.45) is 17.3 Å². The molecule has 0 aromatic rings. The van der Waals surface area contributed by atoms with Gasteiger partial charge in [0, 0.05) is 5.92 Å². The van der Waals surface area contributed by atoms with Crippen molar-refractivity contribution in [1.82, 2.24) is 0 Å². The van der Waals surface area contributed by atoms with Gasteiger partial charge in [-0.25, -0.2) is 0 Å². The van der Waals surface area contributed by atoms with Gasteiger partial charge in [-0.15, -0.1) is 0 Å². The summed E-state index contributed by atoms with van der Waals surface area (Å²) in [6.45, 7) is 5.56. The molecule has 2 unspecified atom stereocenters. The molecule has 4 nitrogen and oxygen atoms in total. The molecule has 1 aliphatic heterocycles. The molecular weight excluding hydrogens is 244 g/mol. The van der Waals surface area contributed by atoms with E-state index < -0.39 is 17.6 Å². The summed E-state index contributed by atoms with van der Waals surface area (Å²) in [7, 11) is 0. The fourth-order valence-corrected chi connectivity index (χ4v) is 3.86. The van der Waals surface area contributed by atoms with E-state index in [9.17, 15) is 14.7 Å². The molecule has 0 bridgehead atoms. The summed E-state index contributed by atoms with van der Waals surface area (Å²) in [4.78, 5) is 24.0. The largest absolute Gasteiger partial charge is 0.457 e. The number of aliphatic hydroxyl groups is 1. The molecule has 0 amide bonds. The van der Waals surface area contributed by atoms with E-state index in [4.69, 9.17) is 4.74 Å². The summed E-state index contributed by atoms with van der Waals surface area (Å²) in [5, 5.41) is 10.3. The molecule has 0 spiro atoms. The molecule has 19 heavy (non-hydrogen) atoms. The predicted molar refractivity (Wildman–Crippen MR) is 68.1 cm³/mol. The van der Waals surface area contributed by atoms with Crippen molar-refractivity contribution in [1.29, 1.82) is 0 Å². The number of aliphatic hydroxyl groups excluding tert-OH is 1. The van der Waals surface area contributed by atoms with E-state index in [-0.39, 0.29) is 23.6 Å². The van der Waals surface area contributed by atoms with Crippen LogP contribution in [0.1, 0.15) is 27.2 Å². The number of ether oxygens (including phenoxy) is 1. The molecule has 0 aromatic heterocycles. The van der Waals surface area contributed by atoms with Crippen molar-refractivity contribution in [3.8, 4) is 0 Å². The maximum atomic E-state index is 12.2. The summed E-state index contributed by atoms with van der Waals surface area (Å²) < 4.78 is 5.46. The van der Waals surface area contributed by atoms with Crippen molar-refractivity contribution in [2.45, 2.75) is 39.4 Å². The molecule has 1 saturated carbocycles. The van der Waals surface area contributed by atoms with E-state index in [0.717, 1.165) is 11.1 Å². The zero-order valence-electron chi connectivity index (χ0n) is 11.3. The minimum Gasteiger partial charge on any atom is -0.457 e. The Kier molecular flexibility index (Phi) is 2.52. The Balaban J connectivity index is 2.15. The average molecular weight is 262 g/mol. The second-order valence-corrected chi connectivity index (χ2v) is 6.12. The highest BCUT2D eigenvalue weighted by molar-refractivity contribution is 5.99. The van der Waals surface area contributed by atoms with Gasteiger partial charge >= 0.3 is 5.97 Å². The lowest BCUT2D eigenvalue weighted by atomic mass is 9.59. The number of ketones is 1. The smallest absolute Gasteiger partial charge is 0.309 e. The third kappa shape index (κ3) is 1.49. The number of carbonyl (C=O) groups excluding carboxylic acids is 2. The molecule has 4 heteroatoms. The van der Waals surface area contributed by atoms with Crippen LogP contribution in [0.15, 0.2) is 23.3 Å². The van der Waals surface area contributed by atoms with E-state index in [1.54, 1.807) is 19.1 Å². The van der Waals surface area contributed by atoms with Crippen LogP contribution >= 0.6 is 0 Å². The Morgan fingerprint density at radius 1 is 1.37 bits per heavy atom. The standard InChI is InChI=1S/C15H18O4/c1-7-4-5-10(17)15(3)6-9(16)11-8(2)14(18)19-13(11)12(7)15/h4-5,8-9,11,13,16H,6H2,1-3H3/t8-,9+,11?,13?,15+/m1/s1. The Bertz CT molecular complexity index is 530. The topological polar surface area (TPSA) is 63.6 Å². The van der Waals surface area contributed by atoms with E-state index in [2.05, 4.69) is 0 Å². The summed E-state index contributed by atoms with van der Waals surface area (Å²) in [6, 6.07) is 0. The van der Waals surface area contributed by atoms with E-state index in [1.165, 1.54) is 0 Å². The monoisotopic (exact) mass is 262 g/mol. The first-order chi connectivity index (χ1) is 8.86.